The van der Waals surface area contributed by atoms with Crippen LogP contribution in [0.3, 0.4) is 0 Å². The van der Waals surface area contributed by atoms with Gasteiger partial charge in [0.1, 0.15) is 17.3 Å². The van der Waals surface area contributed by atoms with Crippen LogP contribution in [-0.2, 0) is 0 Å². The Hall–Kier alpha value is -0.680. The molecule has 0 bridgehead atoms. The smallest absolute Gasteiger partial charge is 0.150 e. The van der Waals surface area contributed by atoms with Gasteiger partial charge in [0.15, 0.2) is 0 Å². The van der Waals surface area contributed by atoms with Crippen LogP contribution in [0, 0.1) is 17.0 Å². The van der Waals surface area contributed by atoms with E-state index in [1.807, 2.05) is 0 Å². The third kappa shape index (κ3) is 3.45. The lowest BCUT2D eigenvalue weighted by Crippen LogP contribution is -2.35. The Bertz CT molecular complexity index is 424. The Morgan fingerprint density at radius 2 is 1.74 bits per heavy atom. The zero-order valence-corrected chi connectivity index (χ0v) is 12.3. The number of halogens is 3. The summed E-state index contributed by atoms with van der Waals surface area (Å²) in [4.78, 5) is 0. The SMILES string of the molecule is OCC1(CNc2c(F)cc(Br)cc2F)CCCCC1. The van der Waals surface area contributed by atoms with Crippen LogP contribution in [0.5, 0.6) is 0 Å². The second-order valence-electron chi connectivity index (χ2n) is 5.32. The molecule has 1 saturated carbocycles. The zero-order chi connectivity index (χ0) is 13.9. The summed E-state index contributed by atoms with van der Waals surface area (Å²) in [6, 6.07) is 2.47. The normalized spacial score (nSPS) is 18.3. The van der Waals surface area contributed by atoms with Gasteiger partial charge in [0, 0.05) is 16.4 Å². The minimum atomic E-state index is -0.615. The number of hydrogen-bond donors (Lipinski definition) is 2. The van der Waals surface area contributed by atoms with Gasteiger partial charge in [0.05, 0.1) is 6.61 Å². The molecule has 2 nitrogen and oxygen atoms in total. The van der Waals surface area contributed by atoms with Gasteiger partial charge >= 0.3 is 0 Å². The third-order valence-corrected chi connectivity index (χ3v) is 4.35. The maximum absolute atomic E-state index is 13.7. The molecular formula is C14H18BrF2NO. The third-order valence-electron chi connectivity index (χ3n) is 3.90. The highest BCUT2D eigenvalue weighted by atomic mass is 79.9. The molecule has 1 fully saturated rings. The highest BCUT2D eigenvalue weighted by molar-refractivity contribution is 9.10. The summed E-state index contributed by atoms with van der Waals surface area (Å²) >= 11 is 3.05. The second-order valence-corrected chi connectivity index (χ2v) is 6.23. The first kappa shape index (κ1) is 14.7. The standard InChI is InChI=1S/C14H18BrF2NO/c15-10-6-11(16)13(12(17)7-10)18-8-14(9-19)4-2-1-3-5-14/h6-7,18-19H,1-5,8-9H2. The maximum Gasteiger partial charge on any atom is 0.150 e. The minimum Gasteiger partial charge on any atom is -0.396 e. The number of rotatable bonds is 4. The molecular weight excluding hydrogens is 316 g/mol. The van der Waals surface area contributed by atoms with Gasteiger partial charge in [-0.05, 0) is 25.0 Å². The molecule has 1 aromatic carbocycles. The van der Waals surface area contributed by atoms with Gasteiger partial charge in [-0.1, -0.05) is 35.2 Å². The lowest BCUT2D eigenvalue weighted by molar-refractivity contribution is 0.0942. The zero-order valence-electron chi connectivity index (χ0n) is 10.7. The Kier molecular flexibility index (Phi) is 4.79. The van der Waals surface area contributed by atoms with Crippen LogP contribution >= 0.6 is 15.9 Å². The van der Waals surface area contributed by atoms with Gasteiger partial charge in [0.25, 0.3) is 0 Å². The van der Waals surface area contributed by atoms with Crippen molar-refractivity contribution >= 4 is 21.6 Å². The van der Waals surface area contributed by atoms with E-state index in [2.05, 4.69) is 21.2 Å². The summed E-state index contributed by atoms with van der Waals surface area (Å²) < 4.78 is 27.8. The molecule has 1 aromatic rings. The van der Waals surface area contributed by atoms with Crippen molar-refractivity contribution in [3.8, 4) is 0 Å². The quantitative estimate of drug-likeness (QED) is 0.870. The predicted octanol–water partition coefficient (Wildman–Crippen LogP) is 4.08. The fraction of sp³-hybridized carbons (Fsp3) is 0.571. The molecule has 0 unspecified atom stereocenters. The van der Waals surface area contributed by atoms with Gasteiger partial charge in [-0.25, -0.2) is 8.78 Å². The molecule has 0 spiro atoms. The molecule has 0 radical (unpaired) electrons. The lowest BCUT2D eigenvalue weighted by atomic mass is 9.74. The number of aliphatic hydroxyl groups is 1. The van der Waals surface area contributed by atoms with Gasteiger partial charge in [-0.3, -0.25) is 0 Å². The van der Waals surface area contributed by atoms with Crippen molar-refractivity contribution in [3.05, 3.63) is 28.2 Å². The fourth-order valence-corrected chi connectivity index (χ4v) is 3.08. The van der Waals surface area contributed by atoms with Gasteiger partial charge in [-0.15, -0.1) is 0 Å². The molecule has 106 valence electrons. The largest absolute Gasteiger partial charge is 0.396 e. The van der Waals surface area contributed by atoms with Crippen molar-refractivity contribution in [2.75, 3.05) is 18.5 Å². The summed E-state index contributed by atoms with van der Waals surface area (Å²) in [5.74, 6) is -1.23. The number of hydrogen-bond acceptors (Lipinski definition) is 2. The van der Waals surface area contributed by atoms with Crippen molar-refractivity contribution in [3.63, 3.8) is 0 Å². The van der Waals surface area contributed by atoms with E-state index in [9.17, 15) is 13.9 Å². The van der Waals surface area contributed by atoms with E-state index >= 15 is 0 Å². The highest BCUT2D eigenvalue weighted by Gasteiger charge is 2.31. The molecule has 0 aromatic heterocycles. The van der Waals surface area contributed by atoms with E-state index in [-0.39, 0.29) is 17.7 Å². The van der Waals surface area contributed by atoms with Crippen LogP contribution < -0.4 is 5.32 Å². The first-order valence-corrected chi connectivity index (χ1v) is 7.35. The Balaban J connectivity index is 2.09. The average Bonchev–Trinajstić information content (AvgIpc) is 2.38. The van der Waals surface area contributed by atoms with Crippen molar-refractivity contribution in [2.45, 2.75) is 32.1 Å². The van der Waals surface area contributed by atoms with E-state index in [0.717, 1.165) is 25.7 Å². The van der Waals surface area contributed by atoms with E-state index in [1.54, 1.807) is 0 Å². The summed E-state index contributed by atoms with van der Waals surface area (Å²) in [6.45, 7) is 0.457. The van der Waals surface area contributed by atoms with Crippen molar-refractivity contribution in [2.24, 2.45) is 5.41 Å². The fourth-order valence-electron chi connectivity index (χ4n) is 2.68. The van der Waals surface area contributed by atoms with Crippen LogP contribution in [0.4, 0.5) is 14.5 Å². The summed E-state index contributed by atoms with van der Waals surface area (Å²) in [5, 5.41) is 12.4. The predicted molar refractivity (Wildman–Crippen MR) is 75.2 cm³/mol. The Morgan fingerprint density at radius 1 is 1.16 bits per heavy atom. The van der Waals surface area contributed by atoms with Crippen LogP contribution in [0.1, 0.15) is 32.1 Å². The molecule has 5 heteroatoms. The van der Waals surface area contributed by atoms with E-state index in [0.29, 0.717) is 11.0 Å². The van der Waals surface area contributed by atoms with Crippen LogP contribution in [0.25, 0.3) is 0 Å². The highest BCUT2D eigenvalue weighted by Crippen LogP contribution is 2.36. The summed E-state index contributed by atoms with van der Waals surface area (Å²) in [6.07, 6.45) is 5.09. The number of anilines is 1. The van der Waals surface area contributed by atoms with Crippen molar-refractivity contribution in [1.29, 1.82) is 0 Å². The first-order valence-electron chi connectivity index (χ1n) is 6.56. The Morgan fingerprint density at radius 3 is 2.26 bits per heavy atom. The van der Waals surface area contributed by atoms with Crippen molar-refractivity contribution < 1.29 is 13.9 Å². The van der Waals surface area contributed by atoms with E-state index in [1.165, 1.54) is 18.6 Å². The van der Waals surface area contributed by atoms with Crippen LogP contribution in [0.2, 0.25) is 0 Å². The van der Waals surface area contributed by atoms with Gasteiger partial charge < -0.3 is 10.4 Å². The number of aliphatic hydroxyl groups excluding tert-OH is 1. The summed E-state index contributed by atoms with van der Waals surface area (Å²) in [7, 11) is 0. The van der Waals surface area contributed by atoms with Crippen molar-refractivity contribution in [1.82, 2.24) is 0 Å². The molecule has 0 atom stereocenters. The van der Waals surface area contributed by atoms with Crippen LogP contribution in [-0.4, -0.2) is 18.3 Å². The summed E-state index contributed by atoms with van der Waals surface area (Å²) in [5.41, 5.74) is -0.355. The van der Waals surface area contributed by atoms with E-state index < -0.39 is 11.6 Å². The lowest BCUT2D eigenvalue weighted by Gasteiger charge is -2.36. The monoisotopic (exact) mass is 333 g/mol. The number of nitrogens with one attached hydrogen (secondary N) is 1. The first-order chi connectivity index (χ1) is 9.06. The van der Waals surface area contributed by atoms with E-state index in [4.69, 9.17) is 0 Å². The van der Waals surface area contributed by atoms with Crippen LogP contribution in [0.15, 0.2) is 16.6 Å². The molecule has 2 rings (SSSR count). The topological polar surface area (TPSA) is 32.3 Å². The second kappa shape index (κ2) is 6.18. The molecule has 2 N–H and O–H groups in total. The molecule has 0 amide bonds. The number of benzene rings is 1. The molecule has 0 saturated heterocycles. The Labute approximate surface area is 120 Å². The molecule has 0 heterocycles. The molecule has 1 aliphatic carbocycles. The molecule has 0 aliphatic heterocycles. The average molecular weight is 334 g/mol. The minimum absolute atomic E-state index is 0.0553. The maximum atomic E-state index is 13.7. The molecule has 1 aliphatic rings. The van der Waals surface area contributed by atoms with Gasteiger partial charge in [-0.2, -0.15) is 0 Å². The molecule has 19 heavy (non-hydrogen) atoms. The van der Waals surface area contributed by atoms with Gasteiger partial charge in [0.2, 0.25) is 0 Å².